The zero-order valence-corrected chi connectivity index (χ0v) is 13.9. The lowest BCUT2D eigenvalue weighted by Crippen LogP contribution is -2.35. The van der Waals surface area contributed by atoms with Crippen molar-refractivity contribution in [1.29, 1.82) is 0 Å². The van der Waals surface area contributed by atoms with Gasteiger partial charge in [0.2, 0.25) is 5.91 Å². The summed E-state index contributed by atoms with van der Waals surface area (Å²) in [5.41, 5.74) is 1.83. The van der Waals surface area contributed by atoms with Crippen molar-refractivity contribution in [3.05, 3.63) is 36.0 Å². The van der Waals surface area contributed by atoms with Crippen LogP contribution >= 0.6 is 23.5 Å². The van der Waals surface area contributed by atoms with Crippen LogP contribution in [0.5, 0.6) is 0 Å². The second kappa shape index (κ2) is 7.15. The van der Waals surface area contributed by atoms with Gasteiger partial charge in [-0.2, -0.15) is 16.9 Å². The molecule has 2 aromatic rings. The summed E-state index contributed by atoms with van der Waals surface area (Å²) >= 11 is 3.57. The molecule has 3 rings (SSSR count). The van der Waals surface area contributed by atoms with Crippen molar-refractivity contribution in [1.82, 2.24) is 25.1 Å². The molecule has 1 amide bonds. The largest absolute Gasteiger partial charge is 0.351 e. The Labute approximate surface area is 137 Å². The first-order valence-electron chi connectivity index (χ1n) is 7.02. The van der Waals surface area contributed by atoms with Gasteiger partial charge in [-0.25, -0.2) is 14.6 Å². The molecule has 1 saturated heterocycles. The van der Waals surface area contributed by atoms with E-state index in [4.69, 9.17) is 0 Å². The van der Waals surface area contributed by atoms with E-state index < -0.39 is 0 Å². The highest BCUT2D eigenvalue weighted by atomic mass is 32.2. The lowest BCUT2D eigenvalue weighted by atomic mass is 10.2. The summed E-state index contributed by atoms with van der Waals surface area (Å²) in [6.45, 7) is 2.38. The van der Waals surface area contributed by atoms with Crippen LogP contribution < -0.4 is 5.32 Å². The first kappa shape index (κ1) is 15.4. The van der Waals surface area contributed by atoms with Gasteiger partial charge < -0.3 is 5.32 Å². The summed E-state index contributed by atoms with van der Waals surface area (Å²) in [4.78, 5) is 20.7. The summed E-state index contributed by atoms with van der Waals surface area (Å²) < 4.78 is 1.62. The van der Waals surface area contributed by atoms with Gasteiger partial charge in [0.25, 0.3) is 0 Å². The average Bonchev–Trinajstić information content (AvgIpc) is 3.08. The van der Waals surface area contributed by atoms with Gasteiger partial charge in [-0.3, -0.25) is 4.79 Å². The maximum Gasteiger partial charge on any atom is 0.234 e. The first-order valence-corrected chi connectivity index (χ1v) is 9.23. The lowest BCUT2D eigenvalue weighted by molar-refractivity contribution is -0.120. The maximum absolute atomic E-state index is 12.2. The maximum atomic E-state index is 12.2. The van der Waals surface area contributed by atoms with Crippen LogP contribution in [-0.4, -0.2) is 48.2 Å². The number of carbonyl (C=O) groups is 1. The Morgan fingerprint density at radius 3 is 3.09 bits per heavy atom. The monoisotopic (exact) mass is 335 g/mol. The van der Waals surface area contributed by atoms with Crippen molar-refractivity contribution in [3.63, 3.8) is 0 Å². The van der Waals surface area contributed by atoms with Gasteiger partial charge in [0.05, 0.1) is 5.25 Å². The minimum absolute atomic E-state index is 0.0481. The second-order valence-electron chi connectivity index (χ2n) is 4.93. The van der Waals surface area contributed by atoms with Crippen molar-refractivity contribution < 1.29 is 4.79 Å². The summed E-state index contributed by atoms with van der Waals surface area (Å²) in [5.74, 6) is 3.87. The number of hydrogen-bond acceptors (Lipinski definition) is 6. The molecule has 1 fully saturated rings. The fourth-order valence-electron chi connectivity index (χ4n) is 2.16. The van der Waals surface area contributed by atoms with Gasteiger partial charge in [-0.15, -0.1) is 11.8 Å². The number of thioether (sulfide) groups is 2. The zero-order valence-electron chi connectivity index (χ0n) is 12.2. The van der Waals surface area contributed by atoms with Crippen LogP contribution in [0.1, 0.15) is 11.3 Å². The van der Waals surface area contributed by atoms with E-state index >= 15 is 0 Å². The molecule has 0 aliphatic carbocycles. The summed E-state index contributed by atoms with van der Waals surface area (Å²) in [6.07, 6.45) is 3.09. The molecule has 2 aromatic heterocycles. The number of nitrogens with zero attached hydrogens (tertiary/aromatic N) is 4. The molecule has 8 heteroatoms. The molecule has 22 heavy (non-hydrogen) atoms. The van der Waals surface area contributed by atoms with Gasteiger partial charge in [-0.05, 0) is 13.0 Å². The molecule has 0 spiro atoms. The molecule has 0 radical (unpaired) electrons. The summed E-state index contributed by atoms with van der Waals surface area (Å²) in [6, 6.07) is 3.91. The Morgan fingerprint density at radius 1 is 1.45 bits per heavy atom. The van der Waals surface area contributed by atoms with Gasteiger partial charge in [0.15, 0.2) is 5.82 Å². The second-order valence-corrected chi connectivity index (χ2v) is 7.39. The SMILES string of the molecule is Cc1ccc(CNC(=O)C2CSCCS2)c(-n2cncn2)n1. The number of aryl methyl sites for hydroxylation is 1. The van der Waals surface area contributed by atoms with Crippen molar-refractivity contribution in [2.45, 2.75) is 18.7 Å². The lowest BCUT2D eigenvalue weighted by Gasteiger charge is -2.20. The third kappa shape index (κ3) is 3.61. The van der Waals surface area contributed by atoms with E-state index in [0.29, 0.717) is 12.4 Å². The van der Waals surface area contributed by atoms with Crippen LogP contribution in [0, 0.1) is 6.92 Å². The predicted octanol–water partition coefficient (Wildman–Crippen LogP) is 1.44. The van der Waals surface area contributed by atoms with Crippen LogP contribution in [0.15, 0.2) is 24.8 Å². The molecule has 0 saturated carbocycles. The van der Waals surface area contributed by atoms with Gasteiger partial charge in [-0.1, -0.05) is 6.07 Å². The van der Waals surface area contributed by atoms with E-state index in [2.05, 4.69) is 20.4 Å². The van der Waals surface area contributed by atoms with Crippen molar-refractivity contribution in [2.24, 2.45) is 0 Å². The molecular weight excluding hydrogens is 318 g/mol. The molecule has 116 valence electrons. The van der Waals surface area contributed by atoms with Crippen LogP contribution in [0.3, 0.4) is 0 Å². The minimum atomic E-state index is 0.0481. The molecule has 1 N–H and O–H groups in total. The number of amides is 1. The fourth-order valence-corrected chi connectivity index (χ4v) is 4.74. The highest BCUT2D eigenvalue weighted by molar-refractivity contribution is 8.07. The predicted molar refractivity (Wildman–Crippen MR) is 89.3 cm³/mol. The smallest absolute Gasteiger partial charge is 0.234 e. The Kier molecular flexibility index (Phi) is 4.99. The molecule has 3 heterocycles. The fraction of sp³-hybridized carbons (Fsp3) is 0.429. The van der Waals surface area contributed by atoms with E-state index in [-0.39, 0.29) is 11.2 Å². The standard InChI is InChI=1S/C14H17N5OS2/c1-10-2-3-11(13(18-10)19-9-15-8-17-19)6-16-14(20)12-7-21-4-5-22-12/h2-3,8-9,12H,4-7H2,1H3,(H,16,20). The number of aromatic nitrogens is 4. The average molecular weight is 335 g/mol. The van der Waals surface area contributed by atoms with E-state index in [9.17, 15) is 4.79 Å². The van der Waals surface area contributed by atoms with E-state index in [1.54, 1.807) is 22.8 Å². The van der Waals surface area contributed by atoms with Crippen LogP contribution in [0.4, 0.5) is 0 Å². The Morgan fingerprint density at radius 2 is 2.36 bits per heavy atom. The number of nitrogens with one attached hydrogen (secondary N) is 1. The topological polar surface area (TPSA) is 72.7 Å². The van der Waals surface area contributed by atoms with Crippen LogP contribution in [-0.2, 0) is 11.3 Å². The summed E-state index contributed by atoms with van der Waals surface area (Å²) in [5, 5.41) is 7.19. The molecular formula is C14H17N5OS2. The quantitative estimate of drug-likeness (QED) is 0.911. The molecule has 1 unspecified atom stereocenters. The van der Waals surface area contributed by atoms with Gasteiger partial charge in [0.1, 0.15) is 12.7 Å². The van der Waals surface area contributed by atoms with Crippen molar-refractivity contribution in [3.8, 4) is 5.82 Å². The van der Waals surface area contributed by atoms with E-state index in [1.807, 2.05) is 30.8 Å². The molecule has 1 aliphatic heterocycles. The van der Waals surface area contributed by atoms with E-state index in [1.165, 1.54) is 6.33 Å². The Hall–Kier alpha value is -1.54. The highest BCUT2D eigenvalue weighted by Gasteiger charge is 2.22. The zero-order chi connectivity index (χ0) is 15.4. The van der Waals surface area contributed by atoms with Crippen LogP contribution in [0.2, 0.25) is 0 Å². The molecule has 0 bridgehead atoms. The molecule has 6 nitrogen and oxygen atoms in total. The minimum Gasteiger partial charge on any atom is -0.351 e. The van der Waals surface area contributed by atoms with E-state index in [0.717, 1.165) is 28.5 Å². The van der Waals surface area contributed by atoms with Gasteiger partial charge in [0, 0.05) is 35.1 Å². The van der Waals surface area contributed by atoms with Crippen LogP contribution in [0.25, 0.3) is 5.82 Å². The molecule has 1 aliphatic rings. The number of carbonyl (C=O) groups excluding carboxylic acids is 1. The Balaban J connectivity index is 1.71. The van der Waals surface area contributed by atoms with Crippen molar-refractivity contribution >= 4 is 29.4 Å². The third-order valence-corrected chi connectivity index (χ3v) is 6.05. The molecule has 0 aromatic carbocycles. The normalized spacial score (nSPS) is 18.1. The first-order chi connectivity index (χ1) is 10.7. The third-order valence-electron chi connectivity index (χ3n) is 3.29. The van der Waals surface area contributed by atoms with Crippen molar-refractivity contribution in [2.75, 3.05) is 17.3 Å². The number of pyridine rings is 1. The summed E-state index contributed by atoms with van der Waals surface area (Å²) in [7, 11) is 0. The van der Waals surface area contributed by atoms with Gasteiger partial charge >= 0.3 is 0 Å². The molecule has 1 atom stereocenters. The highest BCUT2D eigenvalue weighted by Crippen LogP contribution is 2.24. The Bertz CT molecular complexity index is 641. The number of rotatable bonds is 4. The number of hydrogen-bond donors (Lipinski definition) is 1.